The monoisotopic (exact) mass is 291 g/mol. The van der Waals surface area contributed by atoms with E-state index in [1.165, 1.54) is 17.9 Å². The molecule has 0 radical (unpaired) electrons. The second-order valence-corrected chi connectivity index (χ2v) is 6.93. The summed E-state index contributed by atoms with van der Waals surface area (Å²) in [5.41, 5.74) is 0. The van der Waals surface area contributed by atoms with Gasteiger partial charge in [-0.2, -0.15) is 11.8 Å². The van der Waals surface area contributed by atoms with Gasteiger partial charge in [-0.25, -0.2) is 0 Å². The van der Waals surface area contributed by atoms with Gasteiger partial charge in [0.2, 0.25) is 5.91 Å². The van der Waals surface area contributed by atoms with Crippen LogP contribution in [0.25, 0.3) is 0 Å². The molecule has 4 heteroatoms. The maximum atomic E-state index is 12.2. The van der Waals surface area contributed by atoms with Crippen molar-refractivity contribution >= 4 is 33.6 Å². The minimum atomic E-state index is 0.317. The molecule has 2 atom stereocenters. The fourth-order valence-electron chi connectivity index (χ4n) is 2.33. The highest BCUT2D eigenvalue weighted by molar-refractivity contribution is 9.09. The molecule has 2 heterocycles. The number of hydrogen-bond acceptors (Lipinski definition) is 2. The molecule has 15 heavy (non-hydrogen) atoms. The number of hydrogen-bond donors (Lipinski definition) is 0. The molecule has 2 aliphatic heterocycles. The third-order valence-corrected chi connectivity index (χ3v) is 5.09. The molecule has 0 aromatic carbocycles. The Kier molecular flexibility index (Phi) is 4.38. The van der Waals surface area contributed by atoms with Gasteiger partial charge in [0.1, 0.15) is 0 Å². The molecular weight excluding hydrogens is 274 g/mol. The van der Waals surface area contributed by atoms with Gasteiger partial charge in [0.05, 0.1) is 0 Å². The molecule has 2 fully saturated rings. The van der Waals surface area contributed by atoms with Crippen molar-refractivity contribution in [2.45, 2.75) is 30.5 Å². The molecule has 86 valence electrons. The topological polar surface area (TPSA) is 20.3 Å². The summed E-state index contributed by atoms with van der Waals surface area (Å²) >= 11 is 5.59. The lowest BCUT2D eigenvalue weighted by molar-refractivity contribution is -0.134. The zero-order valence-electron chi connectivity index (χ0n) is 8.95. The Bertz CT molecular complexity index is 229. The van der Waals surface area contributed by atoms with Crippen LogP contribution in [0.4, 0.5) is 0 Å². The Balaban J connectivity index is 1.88. The number of thioether (sulfide) groups is 1. The molecule has 0 aromatic heterocycles. The lowest BCUT2D eigenvalue weighted by atomic mass is 9.99. The average Bonchev–Trinajstić information content (AvgIpc) is 2.53. The molecule has 2 unspecified atom stereocenters. The van der Waals surface area contributed by atoms with Crippen molar-refractivity contribution in [2.24, 2.45) is 5.92 Å². The molecule has 2 saturated heterocycles. The van der Waals surface area contributed by atoms with Crippen LogP contribution in [0.3, 0.4) is 0 Å². The zero-order chi connectivity index (χ0) is 10.7. The van der Waals surface area contributed by atoms with E-state index >= 15 is 0 Å². The van der Waals surface area contributed by atoms with Gasteiger partial charge < -0.3 is 4.90 Å². The third kappa shape index (κ3) is 3.13. The predicted octanol–water partition coefficient (Wildman–Crippen LogP) is 2.52. The molecule has 2 rings (SSSR count). The lowest BCUT2D eigenvalue weighted by Gasteiger charge is -2.21. The number of carbonyl (C=O) groups is 1. The van der Waals surface area contributed by atoms with Crippen molar-refractivity contribution in [1.29, 1.82) is 0 Å². The maximum absolute atomic E-state index is 12.2. The molecule has 0 aromatic rings. The van der Waals surface area contributed by atoms with E-state index in [0.29, 0.717) is 16.7 Å². The molecule has 2 aliphatic rings. The van der Waals surface area contributed by atoms with Crippen molar-refractivity contribution in [2.75, 3.05) is 24.6 Å². The van der Waals surface area contributed by atoms with E-state index < -0.39 is 0 Å². The predicted molar refractivity (Wildman–Crippen MR) is 68.6 cm³/mol. The van der Waals surface area contributed by atoms with Crippen molar-refractivity contribution in [3.63, 3.8) is 0 Å². The molecular formula is C11H18BrNOS. The quantitative estimate of drug-likeness (QED) is 0.692. The first-order valence-electron chi connectivity index (χ1n) is 5.78. The first-order valence-corrected chi connectivity index (χ1v) is 7.85. The van der Waals surface area contributed by atoms with Crippen molar-refractivity contribution in [1.82, 2.24) is 4.90 Å². The standard InChI is InChI=1S/C11H18BrNOS/c12-10-3-5-13(8-10)11(14)9-2-1-6-15-7-4-9/h9-10H,1-8H2. The Labute approximate surface area is 104 Å². The summed E-state index contributed by atoms with van der Waals surface area (Å²) in [5, 5.41) is 0. The van der Waals surface area contributed by atoms with Gasteiger partial charge in [-0.1, -0.05) is 15.9 Å². The van der Waals surface area contributed by atoms with Crippen LogP contribution in [-0.2, 0) is 4.79 Å². The SMILES string of the molecule is O=C(C1CCCSCC1)N1CCC(Br)C1. The second kappa shape index (κ2) is 5.58. The molecule has 1 amide bonds. The smallest absolute Gasteiger partial charge is 0.225 e. The number of likely N-dealkylation sites (tertiary alicyclic amines) is 1. The van der Waals surface area contributed by atoms with E-state index in [0.717, 1.165) is 32.4 Å². The summed E-state index contributed by atoms with van der Waals surface area (Å²) in [6.45, 7) is 1.88. The minimum absolute atomic E-state index is 0.317. The van der Waals surface area contributed by atoms with Gasteiger partial charge in [-0.3, -0.25) is 4.79 Å². The van der Waals surface area contributed by atoms with E-state index in [1.807, 2.05) is 11.8 Å². The first kappa shape index (κ1) is 11.8. The largest absolute Gasteiger partial charge is 0.341 e. The average molecular weight is 292 g/mol. The van der Waals surface area contributed by atoms with Crippen LogP contribution >= 0.6 is 27.7 Å². The van der Waals surface area contributed by atoms with Crippen LogP contribution in [0.2, 0.25) is 0 Å². The highest BCUT2D eigenvalue weighted by Crippen LogP contribution is 2.26. The number of alkyl halides is 1. The number of halogens is 1. The fraction of sp³-hybridized carbons (Fsp3) is 0.909. The van der Waals surface area contributed by atoms with Gasteiger partial charge in [0.25, 0.3) is 0 Å². The summed E-state index contributed by atoms with van der Waals surface area (Å²) in [7, 11) is 0. The Hall–Kier alpha value is 0.300. The fourth-order valence-corrected chi connectivity index (χ4v) is 3.91. The van der Waals surface area contributed by atoms with E-state index in [4.69, 9.17) is 0 Å². The molecule has 2 nitrogen and oxygen atoms in total. The summed E-state index contributed by atoms with van der Waals surface area (Å²) in [4.78, 5) is 14.8. The summed E-state index contributed by atoms with van der Waals surface area (Å²) in [6.07, 6.45) is 4.53. The molecule has 0 bridgehead atoms. The number of amides is 1. The van der Waals surface area contributed by atoms with E-state index in [2.05, 4.69) is 20.8 Å². The summed E-state index contributed by atoms with van der Waals surface area (Å²) < 4.78 is 0. The number of carbonyl (C=O) groups excluding carboxylic acids is 1. The van der Waals surface area contributed by atoms with Crippen molar-refractivity contribution in [3.8, 4) is 0 Å². The second-order valence-electron chi connectivity index (χ2n) is 4.41. The highest BCUT2D eigenvalue weighted by Gasteiger charge is 2.29. The van der Waals surface area contributed by atoms with E-state index in [-0.39, 0.29) is 0 Å². The van der Waals surface area contributed by atoms with Gasteiger partial charge >= 0.3 is 0 Å². The van der Waals surface area contributed by atoms with E-state index in [1.54, 1.807) is 0 Å². The van der Waals surface area contributed by atoms with Crippen molar-refractivity contribution < 1.29 is 4.79 Å². The van der Waals surface area contributed by atoms with Crippen LogP contribution < -0.4 is 0 Å². The zero-order valence-corrected chi connectivity index (χ0v) is 11.4. The van der Waals surface area contributed by atoms with E-state index in [9.17, 15) is 4.79 Å². The van der Waals surface area contributed by atoms with Crippen LogP contribution in [0.5, 0.6) is 0 Å². The van der Waals surface area contributed by atoms with Gasteiger partial charge in [-0.15, -0.1) is 0 Å². The highest BCUT2D eigenvalue weighted by atomic mass is 79.9. The molecule has 0 N–H and O–H groups in total. The normalized spacial score (nSPS) is 32.7. The molecule has 0 saturated carbocycles. The number of nitrogens with zero attached hydrogens (tertiary/aromatic N) is 1. The summed E-state index contributed by atoms with van der Waals surface area (Å²) in [6, 6.07) is 0. The Morgan fingerprint density at radius 2 is 2.13 bits per heavy atom. The number of rotatable bonds is 1. The van der Waals surface area contributed by atoms with Gasteiger partial charge in [-0.05, 0) is 37.2 Å². The van der Waals surface area contributed by atoms with Crippen LogP contribution in [0.1, 0.15) is 25.7 Å². The van der Waals surface area contributed by atoms with Gasteiger partial charge in [0.15, 0.2) is 0 Å². The van der Waals surface area contributed by atoms with Crippen molar-refractivity contribution in [3.05, 3.63) is 0 Å². The maximum Gasteiger partial charge on any atom is 0.225 e. The molecule has 0 aliphatic carbocycles. The van der Waals surface area contributed by atoms with Crippen LogP contribution in [0, 0.1) is 5.92 Å². The lowest BCUT2D eigenvalue weighted by Crippen LogP contribution is -2.34. The third-order valence-electron chi connectivity index (χ3n) is 3.24. The van der Waals surface area contributed by atoms with Crippen LogP contribution in [-0.4, -0.2) is 40.2 Å². The Morgan fingerprint density at radius 1 is 1.27 bits per heavy atom. The van der Waals surface area contributed by atoms with Crippen LogP contribution in [0.15, 0.2) is 0 Å². The minimum Gasteiger partial charge on any atom is -0.341 e. The van der Waals surface area contributed by atoms with Gasteiger partial charge in [0, 0.05) is 23.8 Å². The molecule has 0 spiro atoms. The first-order chi connectivity index (χ1) is 7.27. The summed E-state index contributed by atoms with van der Waals surface area (Å²) in [5.74, 6) is 3.14. The Morgan fingerprint density at radius 3 is 2.87 bits per heavy atom.